The Morgan fingerprint density at radius 1 is 0.336 bits per heavy atom. The van der Waals surface area contributed by atoms with Gasteiger partial charge >= 0.3 is 11.9 Å². The minimum Gasteiger partial charge on any atom is -0.499 e. The maximum atomic E-state index is 13.7. The van der Waals surface area contributed by atoms with Crippen LogP contribution < -0.4 is 23.7 Å². The topological polar surface area (TPSA) is 253 Å². The molecule has 5 aromatic heterocycles. The minimum absolute atomic E-state index is 0.00539. The molecule has 5 fully saturated rings. The highest BCUT2D eigenvalue weighted by Crippen LogP contribution is 2.39. The number of aryl methyl sites for hydroxylation is 1. The molecule has 5 heterocycles. The van der Waals surface area contributed by atoms with Crippen LogP contribution in [0.25, 0.3) is 4.85 Å². The van der Waals surface area contributed by atoms with Gasteiger partial charge in [0.2, 0.25) is 5.69 Å². The van der Waals surface area contributed by atoms with Crippen LogP contribution in [0.5, 0.6) is 28.7 Å². The van der Waals surface area contributed by atoms with Crippen molar-refractivity contribution >= 4 is 5.82 Å². The first-order valence-electron chi connectivity index (χ1n) is 52.0. The first-order valence-corrected chi connectivity index (χ1v) is 52.0. The molecule has 26 nitrogen and oxygen atoms in total. The van der Waals surface area contributed by atoms with Crippen molar-refractivity contribution in [1.82, 2.24) is 24.9 Å². The first-order chi connectivity index (χ1) is 67.9. The third-order valence-electron chi connectivity index (χ3n) is 20.7. The second-order valence-corrected chi connectivity index (χ2v) is 47.0. The molecule has 5 saturated carbocycles. The Morgan fingerprint density at radius 2 is 0.664 bits per heavy atom. The molecule has 2 atom stereocenters. The fourth-order valence-corrected chi connectivity index (χ4v) is 14.0. The second kappa shape index (κ2) is 59.8. The fraction of sp³-hybridized carbons (Fsp3) is 0.695. The van der Waals surface area contributed by atoms with Gasteiger partial charge in [-0.15, -0.1) is 4.98 Å². The highest BCUT2D eigenvalue weighted by atomic mass is 19.3. The molecule has 5 aliphatic rings. The summed E-state index contributed by atoms with van der Waals surface area (Å²) < 4.78 is 142. The molecule has 0 radical (unpaired) electrons. The third kappa shape index (κ3) is 60.2. The van der Waals surface area contributed by atoms with E-state index in [0.717, 1.165) is 112 Å². The molecule has 812 valence electrons. The van der Waals surface area contributed by atoms with Crippen LogP contribution in [0.1, 0.15) is 346 Å². The molecular weight excluding hydrogens is 1860 g/mol. The predicted octanol–water partition coefficient (Wildman–Crippen LogP) is 23.7. The average Bonchev–Trinajstić information content (AvgIpc) is 0.693. The largest absolute Gasteiger partial charge is 0.499 e. The first kappa shape index (κ1) is 126. The van der Waals surface area contributed by atoms with Crippen LogP contribution in [0.2, 0.25) is 0 Å². The minimum atomic E-state index is -3.56. The zero-order valence-electron chi connectivity index (χ0n) is 94.4. The van der Waals surface area contributed by atoms with Gasteiger partial charge in [0.05, 0.1) is 163 Å². The van der Waals surface area contributed by atoms with Gasteiger partial charge in [0.1, 0.15) is 94.8 Å². The van der Waals surface area contributed by atoms with Gasteiger partial charge in [-0.25, -0.2) is 19.9 Å². The molecule has 28 heteroatoms. The third-order valence-corrected chi connectivity index (χ3v) is 20.7. The highest BCUT2D eigenvalue weighted by molar-refractivity contribution is 5.54. The van der Waals surface area contributed by atoms with E-state index in [9.17, 15) is 8.78 Å². The Morgan fingerprint density at radius 3 is 1.03 bits per heavy atom. The van der Waals surface area contributed by atoms with Gasteiger partial charge in [0.25, 0.3) is 0 Å². The zero-order chi connectivity index (χ0) is 108. The van der Waals surface area contributed by atoms with Crippen LogP contribution in [0, 0.1) is 72.7 Å². The standard InChI is InChI=1S/C25H36N2O4.C25H39NO4.2C23H35NO4.C22H31F2NO4/c1-24(2,3)29-16-10-15-28-14-9-8-11-19-12-13-22(23(26-7)27-19)30-20-17-21(18-20)31-25(4,5)6;1-19-23(29-21-17-22(18-21)30-25(5,6)7)13-12-20(26-19)11-8-9-14-27-15-10-16-28-24(2,3)4;1-17(25-12-13-26-22(2,3)4)8-9-18-10-11-19(16-24-18)27-20-14-21(15-20)28-23(5,6)7;1-17(16-26-22(2,3)4)25-12-8-9-18-10-11-19(15-24-18)27-20-13-21(14-20)28-23(5,6)7;1-20(2,3)26-11-12-27-22(23,24)10-9-16-7-8-17(15-25-16)28-18-13-19(14-18)29-21(4,5)6/h12-13,20-21H,9-10,14-18H2,1-6H3;12-13,21-22H,9-10,14-18H2,1-7H3;10-11,16-17,20-21H,12-15H2,1-7H3;10-11,15,17,20-21H,12-14,16H2,1-7H3;7-8,15,18-19H,11-14H2,1-6H3. The van der Waals surface area contributed by atoms with E-state index < -0.39 is 11.7 Å². The predicted molar refractivity (Wildman–Crippen MR) is 568 cm³/mol. The molecule has 10 rings (SSSR count). The smallest absolute Gasteiger partial charge is 0.423 e. The summed E-state index contributed by atoms with van der Waals surface area (Å²) in [5.41, 5.74) is 2.33. The van der Waals surface area contributed by atoms with Crippen molar-refractivity contribution in [3.05, 3.63) is 125 Å². The van der Waals surface area contributed by atoms with Crippen molar-refractivity contribution in [2.24, 2.45) is 0 Å². The Kier molecular flexibility index (Phi) is 51.6. The monoisotopic (exact) mass is 2040 g/mol. The van der Waals surface area contributed by atoms with Gasteiger partial charge in [0, 0.05) is 109 Å². The molecule has 0 saturated heterocycles. The maximum absolute atomic E-state index is 13.7. The Labute approximate surface area is 875 Å². The Balaban J connectivity index is 0.000000279. The molecule has 5 aliphatic carbocycles. The Bertz CT molecular complexity index is 4990. The lowest BCUT2D eigenvalue weighted by atomic mass is 9.91. The van der Waals surface area contributed by atoms with Gasteiger partial charge in [-0.05, 0) is 332 Å². The van der Waals surface area contributed by atoms with Gasteiger partial charge in [0.15, 0.2) is 0 Å². The van der Waals surface area contributed by atoms with E-state index in [1.807, 2.05) is 161 Å². The SMILES string of the molecule is CC(C#Cc1ccc(OC2CC(OC(C)(C)C)C2)cn1)OCCOC(C)(C)C.CC(C)(C)OCCOC(F)(F)C#Cc1ccc(OC2CC(OC(C)(C)C)C2)cn1.CC(COC(C)(C)C)OCC#Cc1ccc(OC2CC(OC(C)(C)C)C2)cn1.Cc1nc(C#CCCOCCCOC(C)(C)C)ccc1OC1CC(OC(C)(C)C)C1.[C-]#[N+]c1nc(C#CCCOCCCOC(C)(C)C)ccc1OC1CC(OC(C)(C)C)C1. The summed E-state index contributed by atoms with van der Waals surface area (Å²) in [6, 6.07) is 18.3. The maximum Gasteiger partial charge on any atom is 0.423 e. The number of pyridine rings is 5. The quantitative estimate of drug-likeness (QED) is 0.0201. The summed E-state index contributed by atoms with van der Waals surface area (Å²) in [6.07, 6.45) is 15.2. The van der Waals surface area contributed by atoms with Gasteiger partial charge in [-0.2, -0.15) is 8.78 Å². The van der Waals surface area contributed by atoms with E-state index >= 15 is 0 Å². The second-order valence-electron chi connectivity index (χ2n) is 47.0. The lowest BCUT2D eigenvalue weighted by molar-refractivity contribution is -0.203. The molecule has 0 spiro atoms. The summed E-state index contributed by atoms with van der Waals surface area (Å²) in [5.74, 6) is 32.2. The van der Waals surface area contributed by atoms with Gasteiger partial charge in [-0.1, -0.05) is 30.3 Å². The van der Waals surface area contributed by atoms with Crippen LogP contribution in [-0.4, -0.2) is 240 Å². The molecule has 2 unspecified atom stereocenters. The molecule has 0 aliphatic heterocycles. The molecule has 0 amide bonds. The van der Waals surface area contributed by atoms with Crippen molar-refractivity contribution < 1.29 is 104 Å². The Hall–Kier alpha value is -8.70. The normalized spacial score (nSPS) is 19.7. The van der Waals surface area contributed by atoms with E-state index in [1.54, 1.807) is 42.6 Å². The molecule has 146 heavy (non-hydrogen) atoms. The van der Waals surface area contributed by atoms with E-state index in [-0.39, 0.29) is 130 Å². The van der Waals surface area contributed by atoms with E-state index in [4.69, 9.17) is 96.6 Å². The van der Waals surface area contributed by atoms with Crippen molar-refractivity contribution in [2.75, 3.05) is 79.3 Å². The molecule has 0 N–H and O–H groups in total. The fourth-order valence-electron chi connectivity index (χ4n) is 14.0. The van der Waals surface area contributed by atoms with Gasteiger partial charge < -0.3 is 99.6 Å². The molecule has 0 bridgehead atoms. The summed E-state index contributed by atoms with van der Waals surface area (Å²) in [4.78, 5) is 25.1. The number of aromatic nitrogens is 5. The highest BCUT2D eigenvalue weighted by Gasteiger charge is 2.40. The number of alkyl halides is 2. The zero-order valence-corrected chi connectivity index (χ0v) is 94.4. The van der Waals surface area contributed by atoms with Crippen LogP contribution in [0.3, 0.4) is 0 Å². The van der Waals surface area contributed by atoms with Gasteiger partial charge in [-0.3, -0.25) is 0 Å². The lowest BCUT2D eigenvalue weighted by Crippen LogP contribution is -2.43. The summed E-state index contributed by atoms with van der Waals surface area (Å²) in [5, 5.41) is 0. The number of nitrogens with zero attached hydrogens (tertiary/aromatic N) is 6. The van der Waals surface area contributed by atoms with Crippen molar-refractivity contribution in [3.63, 3.8) is 0 Å². The van der Waals surface area contributed by atoms with E-state index in [0.29, 0.717) is 119 Å². The number of ether oxygens (including phenoxy) is 20. The number of halogens is 2. The van der Waals surface area contributed by atoms with Crippen LogP contribution in [0.15, 0.2) is 79.3 Å². The summed E-state index contributed by atoms with van der Waals surface area (Å²) in [7, 11) is 0. The van der Waals surface area contributed by atoms with Crippen molar-refractivity contribution in [1.29, 1.82) is 0 Å². The van der Waals surface area contributed by atoms with Crippen LogP contribution in [-0.2, 0) is 71.1 Å². The van der Waals surface area contributed by atoms with Crippen LogP contribution >= 0.6 is 0 Å². The summed E-state index contributed by atoms with van der Waals surface area (Å²) >= 11 is 0. The van der Waals surface area contributed by atoms with E-state index in [2.05, 4.69) is 192 Å². The molecule has 5 aromatic rings. The van der Waals surface area contributed by atoms with E-state index in [1.165, 1.54) is 6.20 Å². The summed E-state index contributed by atoms with van der Waals surface area (Å²) in [6.45, 7) is 80.0. The van der Waals surface area contributed by atoms with Crippen molar-refractivity contribution in [2.45, 2.75) is 454 Å². The van der Waals surface area contributed by atoms with Crippen LogP contribution in [0.4, 0.5) is 14.6 Å². The number of hydrogen-bond donors (Lipinski definition) is 0. The molecule has 0 aromatic carbocycles. The molecular formula is C118H176F2N6O20. The van der Waals surface area contributed by atoms with Crippen molar-refractivity contribution in [3.8, 4) is 88.0 Å². The average molecular weight is 2040 g/mol. The number of hydrogen-bond acceptors (Lipinski definition) is 25. The number of rotatable bonds is 39. The lowest BCUT2D eigenvalue weighted by Gasteiger charge is -2.39.